The molecule has 0 saturated carbocycles. The molecule has 0 saturated heterocycles. The highest BCUT2D eigenvalue weighted by Gasteiger charge is 2.37. The topological polar surface area (TPSA) is 0 Å². The van der Waals surface area contributed by atoms with E-state index in [4.69, 9.17) is 0 Å². The van der Waals surface area contributed by atoms with Gasteiger partial charge in [-0.05, 0) is 34.1 Å². The van der Waals surface area contributed by atoms with Crippen molar-refractivity contribution in [3.63, 3.8) is 0 Å². The summed E-state index contributed by atoms with van der Waals surface area (Å²) < 4.78 is 0. The van der Waals surface area contributed by atoms with E-state index in [-0.39, 0.29) is 0 Å². The zero-order valence-corrected chi connectivity index (χ0v) is 9.91. The highest BCUT2D eigenvalue weighted by molar-refractivity contribution is 7.76. The maximum Gasteiger partial charge on any atom is 0.0641 e. The monoisotopic (exact) mass is 175 g/mol. The lowest BCUT2D eigenvalue weighted by molar-refractivity contribution is 0.948. The van der Waals surface area contributed by atoms with E-state index in [1.54, 1.807) is 0 Å². The molecule has 0 aromatic rings. The molecule has 0 nitrogen and oxygen atoms in total. The van der Waals surface area contributed by atoms with Crippen LogP contribution >= 0.6 is 7.26 Å². The second kappa shape index (κ2) is 4.45. The summed E-state index contributed by atoms with van der Waals surface area (Å²) in [7, 11) is -0.613. The quantitative estimate of drug-likeness (QED) is 0.569. The van der Waals surface area contributed by atoms with Gasteiger partial charge in [-0.1, -0.05) is 6.92 Å². The zero-order chi connectivity index (χ0) is 9.07. The summed E-state index contributed by atoms with van der Waals surface area (Å²) in [4.78, 5) is 0. The summed E-state index contributed by atoms with van der Waals surface area (Å²) in [5, 5.41) is 0. The van der Waals surface area contributed by atoms with Crippen molar-refractivity contribution >= 4 is 7.26 Å². The Labute approximate surface area is 73.1 Å². The van der Waals surface area contributed by atoms with Crippen molar-refractivity contribution in [2.45, 2.75) is 52.4 Å². The van der Waals surface area contributed by atoms with Crippen LogP contribution in [0.25, 0.3) is 0 Å². The smallest absolute Gasteiger partial charge is 0.0619 e. The van der Waals surface area contributed by atoms with Crippen LogP contribution in [0.4, 0.5) is 0 Å². The molecule has 0 aliphatic heterocycles. The lowest BCUT2D eigenvalue weighted by Gasteiger charge is -2.30. The number of rotatable bonds is 4. The predicted octanol–water partition coefficient (Wildman–Crippen LogP) is 3.86. The van der Waals surface area contributed by atoms with Crippen LogP contribution in [0.3, 0.4) is 0 Å². The number of hydrogen-bond acceptors (Lipinski definition) is 0. The van der Waals surface area contributed by atoms with E-state index in [1.807, 2.05) is 0 Å². The standard InChI is InChI=1S/C10H24P/c1-7-8-11(6,9(2)3)10(4)5/h9-10H,7-8H2,1-6H3/q+1. The fourth-order valence-electron chi connectivity index (χ4n) is 1.59. The van der Waals surface area contributed by atoms with E-state index in [0.717, 1.165) is 11.3 Å². The van der Waals surface area contributed by atoms with Crippen molar-refractivity contribution in [3.05, 3.63) is 0 Å². The fraction of sp³-hybridized carbons (Fsp3) is 1.00. The molecule has 0 amide bonds. The van der Waals surface area contributed by atoms with Crippen molar-refractivity contribution in [1.29, 1.82) is 0 Å². The molecule has 0 aliphatic rings. The Balaban J connectivity index is 4.26. The highest BCUT2D eigenvalue weighted by atomic mass is 31.2. The summed E-state index contributed by atoms with van der Waals surface area (Å²) >= 11 is 0. The average molecular weight is 175 g/mol. The van der Waals surface area contributed by atoms with E-state index in [1.165, 1.54) is 12.6 Å². The van der Waals surface area contributed by atoms with E-state index < -0.39 is 7.26 Å². The van der Waals surface area contributed by atoms with Gasteiger partial charge in [0.1, 0.15) is 0 Å². The largest absolute Gasteiger partial charge is 0.0641 e. The molecule has 1 heteroatoms. The summed E-state index contributed by atoms with van der Waals surface area (Å²) in [6.45, 7) is 14.4. The molecule has 0 rings (SSSR count). The second-order valence-electron chi connectivity index (χ2n) is 4.26. The summed E-state index contributed by atoms with van der Waals surface area (Å²) in [5.41, 5.74) is 1.84. The lowest BCUT2D eigenvalue weighted by atomic mass is 10.5. The van der Waals surface area contributed by atoms with Crippen LogP contribution < -0.4 is 0 Å². The molecule has 11 heavy (non-hydrogen) atoms. The van der Waals surface area contributed by atoms with Gasteiger partial charge in [-0.15, -0.1) is 0 Å². The molecule has 0 fully saturated rings. The summed E-state index contributed by atoms with van der Waals surface area (Å²) in [6, 6.07) is 0. The summed E-state index contributed by atoms with van der Waals surface area (Å²) in [5.74, 6) is 0. The lowest BCUT2D eigenvalue weighted by Crippen LogP contribution is -2.17. The molecule has 0 heterocycles. The minimum absolute atomic E-state index is 0.613. The first kappa shape index (κ1) is 11.4. The molecular weight excluding hydrogens is 151 g/mol. The molecular formula is C10H24P+. The Morgan fingerprint density at radius 2 is 1.36 bits per heavy atom. The molecule has 0 atom stereocenters. The first-order valence-electron chi connectivity index (χ1n) is 4.80. The van der Waals surface area contributed by atoms with Crippen molar-refractivity contribution in [2.24, 2.45) is 0 Å². The molecule has 0 aliphatic carbocycles. The maximum atomic E-state index is 2.53. The van der Waals surface area contributed by atoms with Crippen molar-refractivity contribution < 1.29 is 0 Å². The van der Waals surface area contributed by atoms with E-state index >= 15 is 0 Å². The summed E-state index contributed by atoms with van der Waals surface area (Å²) in [6.07, 6.45) is 2.84. The van der Waals surface area contributed by atoms with Gasteiger partial charge in [0.2, 0.25) is 0 Å². The Morgan fingerprint density at radius 1 is 1.00 bits per heavy atom. The molecule has 0 N–H and O–H groups in total. The molecule has 0 aromatic carbocycles. The Bertz CT molecular complexity index is 97.4. The van der Waals surface area contributed by atoms with E-state index in [9.17, 15) is 0 Å². The van der Waals surface area contributed by atoms with Gasteiger partial charge in [-0.3, -0.25) is 0 Å². The fourth-order valence-corrected chi connectivity index (χ4v) is 4.78. The van der Waals surface area contributed by atoms with Crippen LogP contribution in [0.15, 0.2) is 0 Å². The van der Waals surface area contributed by atoms with Gasteiger partial charge in [0, 0.05) is 13.9 Å². The van der Waals surface area contributed by atoms with Crippen molar-refractivity contribution in [1.82, 2.24) is 0 Å². The van der Waals surface area contributed by atoms with Crippen LogP contribution in [0.5, 0.6) is 0 Å². The van der Waals surface area contributed by atoms with Gasteiger partial charge < -0.3 is 0 Å². The third-order valence-electron chi connectivity index (χ3n) is 3.06. The van der Waals surface area contributed by atoms with Gasteiger partial charge in [-0.25, -0.2) is 0 Å². The van der Waals surface area contributed by atoms with Crippen LogP contribution in [0.2, 0.25) is 0 Å². The third kappa shape index (κ3) is 2.75. The minimum Gasteiger partial charge on any atom is -0.0619 e. The Hall–Kier alpha value is 0.430. The first-order chi connectivity index (χ1) is 4.95. The van der Waals surface area contributed by atoms with Crippen LogP contribution in [0.1, 0.15) is 41.0 Å². The molecule has 0 aromatic heterocycles. The van der Waals surface area contributed by atoms with Crippen LogP contribution in [-0.2, 0) is 0 Å². The van der Waals surface area contributed by atoms with E-state index in [2.05, 4.69) is 41.3 Å². The van der Waals surface area contributed by atoms with Gasteiger partial charge >= 0.3 is 0 Å². The van der Waals surface area contributed by atoms with Gasteiger partial charge in [-0.2, -0.15) is 0 Å². The van der Waals surface area contributed by atoms with Crippen molar-refractivity contribution in [2.75, 3.05) is 12.8 Å². The first-order valence-corrected chi connectivity index (χ1v) is 7.36. The van der Waals surface area contributed by atoms with Gasteiger partial charge in [0.25, 0.3) is 0 Å². The SMILES string of the molecule is CCC[P+](C)(C(C)C)C(C)C. The molecule has 0 spiro atoms. The normalized spacial score (nSPS) is 13.1. The molecule has 68 valence electrons. The number of hydrogen-bond donors (Lipinski definition) is 0. The van der Waals surface area contributed by atoms with E-state index in [0.29, 0.717) is 0 Å². The van der Waals surface area contributed by atoms with Crippen LogP contribution in [0, 0.1) is 0 Å². The third-order valence-corrected chi connectivity index (χ3v) is 9.19. The Morgan fingerprint density at radius 3 is 1.45 bits per heavy atom. The zero-order valence-electron chi connectivity index (χ0n) is 9.02. The highest BCUT2D eigenvalue weighted by Crippen LogP contribution is 2.63. The van der Waals surface area contributed by atoms with Gasteiger partial charge in [0.15, 0.2) is 0 Å². The Kier molecular flexibility index (Phi) is 4.63. The molecule has 0 radical (unpaired) electrons. The van der Waals surface area contributed by atoms with Crippen LogP contribution in [-0.4, -0.2) is 24.1 Å². The molecule has 0 unspecified atom stereocenters. The second-order valence-corrected chi connectivity index (χ2v) is 9.46. The minimum atomic E-state index is -0.613. The molecule has 0 bridgehead atoms. The van der Waals surface area contributed by atoms with Gasteiger partial charge in [0.05, 0.1) is 17.5 Å². The van der Waals surface area contributed by atoms with Crippen molar-refractivity contribution in [3.8, 4) is 0 Å². The average Bonchev–Trinajstić information content (AvgIpc) is 1.87. The maximum absolute atomic E-state index is 2.53. The predicted molar refractivity (Wildman–Crippen MR) is 58.3 cm³/mol.